The highest BCUT2D eigenvalue weighted by Gasteiger charge is 2.41. The number of rotatable bonds is 6. The van der Waals surface area contributed by atoms with E-state index in [-0.39, 0.29) is 5.97 Å². The van der Waals surface area contributed by atoms with E-state index in [0.29, 0.717) is 10.3 Å². The molecule has 1 aliphatic rings. The van der Waals surface area contributed by atoms with Crippen LogP contribution in [0.5, 0.6) is 0 Å². The molecule has 0 aromatic carbocycles. The summed E-state index contributed by atoms with van der Waals surface area (Å²) in [5.74, 6) is -0.247. The number of ether oxygens (including phenoxy) is 1. The van der Waals surface area contributed by atoms with Crippen LogP contribution < -0.4 is 5.32 Å². The fourth-order valence-electron chi connectivity index (χ4n) is 1.36. The zero-order valence-electron chi connectivity index (χ0n) is 9.63. The quantitative estimate of drug-likeness (QED) is 0.426. The van der Waals surface area contributed by atoms with Gasteiger partial charge in [-0.15, -0.1) is 0 Å². The van der Waals surface area contributed by atoms with Crippen molar-refractivity contribution in [1.82, 2.24) is 5.32 Å². The van der Waals surface area contributed by atoms with Gasteiger partial charge in [0.2, 0.25) is 0 Å². The molecule has 0 aliphatic heterocycles. The summed E-state index contributed by atoms with van der Waals surface area (Å²) in [5, 5.41) is 3.34. The molecule has 0 spiro atoms. The van der Waals surface area contributed by atoms with Gasteiger partial charge in [-0.25, -0.2) is 4.79 Å². The third-order valence-electron chi connectivity index (χ3n) is 2.75. The maximum atomic E-state index is 11.0. The van der Waals surface area contributed by atoms with Gasteiger partial charge in [-0.1, -0.05) is 6.08 Å². The van der Waals surface area contributed by atoms with Crippen LogP contribution >= 0.6 is 11.8 Å². The van der Waals surface area contributed by atoms with Crippen LogP contribution in [-0.2, 0) is 9.53 Å². The molecular formula is C11H19NO2S. The number of nitrogens with one attached hydrogen (secondary N) is 1. The molecule has 4 heteroatoms. The molecule has 0 saturated heterocycles. The predicted molar refractivity (Wildman–Crippen MR) is 64.1 cm³/mol. The van der Waals surface area contributed by atoms with Crippen molar-refractivity contribution in [2.45, 2.75) is 24.5 Å². The Hall–Kier alpha value is -0.480. The number of hydrogen-bond acceptors (Lipinski definition) is 4. The van der Waals surface area contributed by atoms with E-state index in [2.05, 4.69) is 16.3 Å². The lowest BCUT2D eigenvalue weighted by molar-refractivity contribution is -0.136. The lowest BCUT2D eigenvalue weighted by Crippen LogP contribution is -2.26. The highest BCUT2D eigenvalue weighted by atomic mass is 32.2. The minimum absolute atomic E-state index is 0.247. The molecule has 1 aliphatic carbocycles. The van der Waals surface area contributed by atoms with Crippen LogP contribution in [0.3, 0.4) is 0 Å². The molecule has 0 atom stereocenters. The first-order valence-electron chi connectivity index (χ1n) is 5.14. The predicted octanol–water partition coefficient (Wildman–Crippen LogP) is 1.59. The second kappa shape index (κ2) is 5.56. The molecule has 0 aromatic heterocycles. The van der Waals surface area contributed by atoms with Gasteiger partial charge in [0.25, 0.3) is 0 Å². The average Bonchev–Trinajstić information content (AvgIpc) is 3.03. The van der Waals surface area contributed by atoms with E-state index >= 15 is 0 Å². The van der Waals surface area contributed by atoms with Gasteiger partial charge >= 0.3 is 5.97 Å². The number of methoxy groups -OCH3 is 1. The Kier molecular flexibility index (Phi) is 4.67. The van der Waals surface area contributed by atoms with Crippen molar-refractivity contribution in [3.63, 3.8) is 0 Å². The van der Waals surface area contributed by atoms with Crippen molar-refractivity contribution >= 4 is 17.7 Å². The van der Waals surface area contributed by atoms with E-state index in [1.54, 1.807) is 6.92 Å². The summed E-state index contributed by atoms with van der Waals surface area (Å²) in [5.41, 5.74) is 0.666. The van der Waals surface area contributed by atoms with Gasteiger partial charge in [0.05, 0.1) is 7.11 Å². The molecule has 0 amide bonds. The molecule has 0 aromatic rings. The van der Waals surface area contributed by atoms with Crippen molar-refractivity contribution < 1.29 is 9.53 Å². The van der Waals surface area contributed by atoms with Crippen LogP contribution in [0.15, 0.2) is 11.6 Å². The summed E-state index contributed by atoms with van der Waals surface area (Å²) in [4.78, 5) is 11.0. The van der Waals surface area contributed by atoms with E-state index < -0.39 is 0 Å². The normalized spacial score (nSPS) is 18.7. The summed E-state index contributed by atoms with van der Waals surface area (Å²) in [6.45, 7) is 3.54. The molecule has 0 heterocycles. The molecule has 1 rings (SSSR count). The molecular weight excluding hydrogens is 210 g/mol. The van der Waals surface area contributed by atoms with E-state index in [1.165, 1.54) is 20.0 Å². The number of esters is 1. The Labute approximate surface area is 95.6 Å². The zero-order valence-corrected chi connectivity index (χ0v) is 10.4. The third kappa shape index (κ3) is 3.87. The fourth-order valence-corrected chi connectivity index (χ4v) is 2.12. The third-order valence-corrected chi connectivity index (χ3v) is 4.17. The van der Waals surface area contributed by atoms with E-state index in [9.17, 15) is 4.79 Å². The molecule has 86 valence electrons. The molecule has 1 N–H and O–H groups in total. The molecule has 15 heavy (non-hydrogen) atoms. The van der Waals surface area contributed by atoms with Gasteiger partial charge in [0.1, 0.15) is 0 Å². The van der Waals surface area contributed by atoms with Crippen LogP contribution in [0, 0.1) is 0 Å². The zero-order chi connectivity index (χ0) is 11.3. The van der Waals surface area contributed by atoms with Gasteiger partial charge in [-0.2, -0.15) is 11.8 Å². The SMILES string of the molecule is COC(=O)C(C)=CCNCC1(SC)CC1. The van der Waals surface area contributed by atoms with Crippen LogP contribution in [-0.4, -0.2) is 37.2 Å². The average molecular weight is 229 g/mol. The number of carbonyl (C=O) groups is 1. The molecule has 1 saturated carbocycles. The van der Waals surface area contributed by atoms with Gasteiger partial charge < -0.3 is 10.1 Å². The van der Waals surface area contributed by atoms with Crippen LogP contribution in [0.25, 0.3) is 0 Å². The van der Waals surface area contributed by atoms with Gasteiger partial charge in [0.15, 0.2) is 0 Å². The largest absolute Gasteiger partial charge is 0.466 e. The summed E-state index contributed by atoms with van der Waals surface area (Å²) < 4.78 is 5.08. The van der Waals surface area contributed by atoms with Crippen LogP contribution in [0.1, 0.15) is 19.8 Å². The van der Waals surface area contributed by atoms with Crippen LogP contribution in [0.4, 0.5) is 0 Å². The number of thioether (sulfide) groups is 1. The van der Waals surface area contributed by atoms with Crippen molar-refractivity contribution in [1.29, 1.82) is 0 Å². The molecule has 0 bridgehead atoms. The second-order valence-corrected chi connectivity index (χ2v) is 5.17. The molecule has 0 unspecified atom stereocenters. The van der Waals surface area contributed by atoms with Crippen LogP contribution in [0.2, 0.25) is 0 Å². The Morgan fingerprint density at radius 3 is 2.73 bits per heavy atom. The number of hydrogen-bond donors (Lipinski definition) is 1. The topological polar surface area (TPSA) is 38.3 Å². The minimum atomic E-state index is -0.247. The fraction of sp³-hybridized carbons (Fsp3) is 0.727. The standard InChI is InChI=1S/C11H19NO2S/c1-9(10(13)14-2)4-7-12-8-11(15-3)5-6-11/h4,12H,5-8H2,1-3H3. The Morgan fingerprint density at radius 2 is 2.27 bits per heavy atom. The second-order valence-electron chi connectivity index (χ2n) is 3.90. The summed E-state index contributed by atoms with van der Waals surface area (Å²) in [6, 6.07) is 0. The smallest absolute Gasteiger partial charge is 0.333 e. The van der Waals surface area contributed by atoms with Gasteiger partial charge in [-0.3, -0.25) is 0 Å². The lowest BCUT2D eigenvalue weighted by atomic mass is 10.3. The monoisotopic (exact) mass is 229 g/mol. The van der Waals surface area contributed by atoms with Gasteiger partial charge in [0, 0.05) is 23.4 Å². The van der Waals surface area contributed by atoms with E-state index in [1.807, 2.05) is 17.8 Å². The lowest BCUT2D eigenvalue weighted by Gasteiger charge is -2.11. The Bertz CT molecular complexity index is 259. The first kappa shape index (κ1) is 12.6. The summed E-state index contributed by atoms with van der Waals surface area (Å²) >= 11 is 1.93. The molecule has 0 radical (unpaired) electrons. The van der Waals surface area contributed by atoms with Crippen molar-refractivity contribution in [2.75, 3.05) is 26.5 Å². The minimum Gasteiger partial charge on any atom is -0.466 e. The summed E-state index contributed by atoms with van der Waals surface area (Å²) in [7, 11) is 1.40. The maximum Gasteiger partial charge on any atom is 0.333 e. The Morgan fingerprint density at radius 1 is 1.60 bits per heavy atom. The van der Waals surface area contributed by atoms with Crippen molar-refractivity contribution in [2.24, 2.45) is 0 Å². The van der Waals surface area contributed by atoms with Crippen molar-refractivity contribution in [3.8, 4) is 0 Å². The first-order chi connectivity index (χ1) is 7.13. The van der Waals surface area contributed by atoms with Gasteiger partial charge in [-0.05, 0) is 26.0 Å². The van der Waals surface area contributed by atoms with E-state index in [4.69, 9.17) is 0 Å². The molecule has 3 nitrogen and oxygen atoms in total. The summed E-state index contributed by atoms with van der Waals surface area (Å²) in [6.07, 6.45) is 6.65. The maximum absolute atomic E-state index is 11.0. The highest BCUT2D eigenvalue weighted by Crippen LogP contribution is 2.46. The van der Waals surface area contributed by atoms with Crippen molar-refractivity contribution in [3.05, 3.63) is 11.6 Å². The highest BCUT2D eigenvalue weighted by molar-refractivity contribution is 8.00. The number of carbonyl (C=O) groups excluding carboxylic acids is 1. The van der Waals surface area contributed by atoms with E-state index in [0.717, 1.165) is 13.1 Å². The Balaban J connectivity index is 2.18. The first-order valence-corrected chi connectivity index (χ1v) is 6.37. The molecule has 1 fully saturated rings.